The molecule has 6 rings (SSSR count). The molecule has 0 saturated heterocycles. The van der Waals surface area contributed by atoms with Gasteiger partial charge in [-0.2, -0.15) is 0 Å². The minimum absolute atomic E-state index is 0.566. The number of allylic oxidation sites excluding steroid dienone is 3. The van der Waals surface area contributed by atoms with Crippen LogP contribution in [-0.4, -0.2) is 53.0 Å². The molecule has 0 bridgehead atoms. The number of hydrogen-bond donors (Lipinski definition) is 0. The summed E-state index contributed by atoms with van der Waals surface area (Å²) in [6.45, 7) is 23.8. The lowest BCUT2D eigenvalue weighted by Crippen LogP contribution is -2.10. The number of nitrogens with zero attached hydrogens (tertiary/aromatic N) is 10. The molecule has 10 heteroatoms. The van der Waals surface area contributed by atoms with E-state index >= 15 is 0 Å². The van der Waals surface area contributed by atoms with Gasteiger partial charge < -0.3 is 0 Å². The number of rotatable bonds is 8. The molecule has 6 aromatic rings. The van der Waals surface area contributed by atoms with Crippen LogP contribution in [0, 0.1) is 27.7 Å². The summed E-state index contributed by atoms with van der Waals surface area (Å²) in [5.74, 6) is 4.97. The van der Waals surface area contributed by atoms with Gasteiger partial charge in [-0.1, -0.05) is 62.4 Å². The van der Waals surface area contributed by atoms with E-state index in [2.05, 4.69) is 72.4 Å². The summed E-state index contributed by atoms with van der Waals surface area (Å²) in [5, 5.41) is 6.03. The highest BCUT2D eigenvalue weighted by Crippen LogP contribution is 2.49. The van der Waals surface area contributed by atoms with E-state index < -0.39 is 0 Å². The van der Waals surface area contributed by atoms with E-state index in [1.807, 2.05) is 69.2 Å². The molecule has 54 heavy (non-hydrogen) atoms. The van der Waals surface area contributed by atoms with E-state index in [1.54, 1.807) is 0 Å². The molecule has 0 fully saturated rings. The van der Waals surface area contributed by atoms with Crippen LogP contribution in [0.5, 0.6) is 0 Å². The van der Waals surface area contributed by atoms with Crippen molar-refractivity contribution < 1.29 is 0 Å². The van der Waals surface area contributed by atoms with E-state index in [9.17, 15) is 0 Å². The molecular formula is C44H48N10. The van der Waals surface area contributed by atoms with Gasteiger partial charge in [0.2, 0.25) is 0 Å². The first-order valence-corrected chi connectivity index (χ1v) is 18.5. The fraction of sp³-hybridized carbons (Fsp3) is 0.318. The second-order valence-electron chi connectivity index (χ2n) is 13.9. The molecule has 0 aliphatic carbocycles. The monoisotopic (exact) mass is 716 g/mol. The number of aryl methyl sites for hydroxylation is 4. The molecule has 2 heterocycles. The van der Waals surface area contributed by atoms with Crippen LogP contribution in [0.25, 0.3) is 60.8 Å². The molecule has 0 saturated carbocycles. The van der Waals surface area contributed by atoms with E-state index in [4.69, 9.17) is 39.9 Å². The van der Waals surface area contributed by atoms with Gasteiger partial charge in [0.25, 0.3) is 0 Å². The molecule has 10 nitrogen and oxygen atoms in total. The summed E-state index contributed by atoms with van der Waals surface area (Å²) in [7, 11) is 0. The second kappa shape index (κ2) is 15.6. The van der Waals surface area contributed by atoms with Gasteiger partial charge in [0.15, 0.2) is 17.5 Å². The molecule has 0 unspecified atom stereocenters. The molecule has 0 radical (unpaired) electrons. The van der Waals surface area contributed by atoms with Gasteiger partial charge in [-0.15, -0.1) is 0 Å². The van der Waals surface area contributed by atoms with E-state index in [-0.39, 0.29) is 0 Å². The first kappa shape index (κ1) is 37.8. The summed E-state index contributed by atoms with van der Waals surface area (Å²) in [5.41, 5.74) is 6.99. The number of aromatic nitrogens is 6. The molecule has 0 aliphatic heterocycles. The highest BCUT2D eigenvalue weighted by Gasteiger charge is 2.29. The largest absolute Gasteiger partial charge is 0.243 e. The van der Waals surface area contributed by atoms with Crippen LogP contribution in [0.4, 0.5) is 0 Å². The van der Waals surface area contributed by atoms with Gasteiger partial charge in [-0.25, -0.2) is 49.9 Å². The standard InChI is InChI=1S/C44H48N10/c1-13-17-25(7)47-42(46-24(5)6)40-33-21-15-19-31-36(33)37-32(20-16-22-34(37)41(40)44-53-29(11)49-30(12)54-44)39(43-51-27(9)48-28(10)52-43)38(31)35(18-14-2)50-26(8)45-23(3)4/h15-22H,13-14H2,1-12H3/b25-17+,35-18+,47-42?,50-26?. The first-order chi connectivity index (χ1) is 25.8. The Morgan fingerprint density at radius 2 is 0.963 bits per heavy atom. The van der Waals surface area contributed by atoms with Crippen LogP contribution >= 0.6 is 0 Å². The summed E-state index contributed by atoms with van der Waals surface area (Å²) >= 11 is 0. The maximum atomic E-state index is 5.20. The molecule has 0 amide bonds. The van der Waals surface area contributed by atoms with Gasteiger partial charge in [0.1, 0.15) is 29.1 Å². The van der Waals surface area contributed by atoms with Crippen molar-refractivity contribution in [3.63, 3.8) is 0 Å². The van der Waals surface area contributed by atoms with Crippen LogP contribution in [0.3, 0.4) is 0 Å². The number of aliphatic imine (C=N–C) groups is 4. The van der Waals surface area contributed by atoms with Crippen molar-refractivity contribution in [1.29, 1.82) is 0 Å². The number of amidine groups is 2. The Morgan fingerprint density at radius 1 is 0.519 bits per heavy atom. The van der Waals surface area contributed by atoms with Crippen molar-refractivity contribution >= 4 is 61.1 Å². The molecule has 0 atom stereocenters. The fourth-order valence-corrected chi connectivity index (χ4v) is 7.21. The third-order valence-corrected chi connectivity index (χ3v) is 8.78. The summed E-state index contributed by atoms with van der Waals surface area (Å²) in [6.07, 6.45) is 5.88. The van der Waals surface area contributed by atoms with Crippen molar-refractivity contribution in [2.45, 2.75) is 95.9 Å². The Bertz CT molecular complexity index is 2570. The topological polar surface area (TPSA) is 127 Å². The lowest BCUT2D eigenvalue weighted by Gasteiger charge is -2.24. The smallest absolute Gasteiger partial charge is 0.164 e. The van der Waals surface area contributed by atoms with E-state index in [1.165, 1.54) is 0 Å². The third-order valence-electron chi connectivity index (χ3n) is 8.78. The van der Waals surface area contributed by atoms with Crippen molar-refractivity contribution in [3.8, 4) is 22.8 Å². The van der Waals surface area contributed by atoms with Crippen molar-refractivity contribution in [2.75, 3.05) is 0 Å². The normalized spacial score (nSPS) is 13.0. The molecule has 274 valence electrons. The molecule has 0 aliphatic rings. The van der Waals surface area contributed by atoms with Crippen LogP contribution in [0.1, 0.15) is 103 Å². The lowest BCUT2D eigenvalue weighted by molar-refractivity contribution is 0.929. The zero-order chi connectivity index (χ0) is 38.8. The van der Waals surface area contributed by atoms with Crippen molar-refractivity contribution in [1.82, 2.24) is 29.9 Å². The van der Waals surface area contributed by atoms with Gasteiger partial charge >= 0.3 is 0 Å². The summed E-state index contributed by atoms with van der Waals surface area (Å²) in [4.78, 5) is 49.2. The Kier molecular flexibility index (Phi) is 10.9. The average molecular weight is 717 g/mol. The number of benzene rings is 4. The van der Waals surface area contributed by atoms with Gasteiger partial charge in [-0.05, 0) is 114 Å². The zero-order valence-electron chi connectivity index (χ0n) is 33.5. The minimum Gasteiger partial charge on any atom is -0.243 e. The van der Waals surface area contributed by atoms with Crippen LogP contribution in [0.15, 0.2) is 74.2 Å². The predicted octanol–water partition coefficient (Wildman–Crippen LogP) is 10.7. The van der Waals surface area contributed by atoms with Crippen LogP contribution in [-0.2, 0) is 0 Å². The first-order valence-electron chi connectivity index (χ1n) is 18.5. The van der Waals surface area contributed by atoms with Crippen molar-refractivity contribution in [3.05, 3.63) is 88.7 Å². The Labute approximate surface area is 317 Å². The Balaban J connectivity index is 1.97. The predicted molar refractivity (Wildman–Crippen MR) is 226 cm³/mol. The summed E-state index contributed by atoms with van der Waals surface area (Å²) in [6, 6.07) is 12.8. The summed E-state index contributed by atoms with van der Waals surface area (Å²) < 4.78 is 0. The zero-order valence-corrected chi connectivity index (χ0v) is 33.5. The van der Waals surface area contributed by atoms with E-state index in [0.717, 1.165) is 90.2 Å². The van der Waals surface area contributed by atoms with E-state index in [0.29, 0.717) is 46.6 Å². The SMILES string of the molecule is CC/C=C(\C)N=C(N=C(C)C)c1c(-c2nc(C)nc(C)n2)c2cccc3c(-c4nc(C)nc(C)n4)c(/C(=C\CC)N=C(C)N=C(C)C)c4cccc1c4c23. The minimum atomic E-state index is 0.566. The third kappa shape index (κ3) is 7.46. The molecule has 0 spiro atoms. The second-order valence-corrected chi connectivity index (χ2v) is 13.9. The maximum absolute atomic E-state index is 5.20. The highest BCUT2D eigenvalue weighted by molar-refractivity contribution is 6.36. The quantitative estimate of drug-likeness (QED) is 0.0876. The number of hydrogen-bond acceptors (Lipinski definition) is 8. The molecule has 0 N–H and O–H groups in total. The molecular weight excluding hydrogens is 669 g/mol. The van der Waals surface area contributed by atoms with Gasteiger partial charge in [-0.3, -0.25) is 0 Å². The Morgan fingerprint density at radius 3 is 1.44 bits per heavy atom. The fourth-order valence-electron chi connectivity index (χ4n) is 7.21. The van der Waals surface area contributed by atoms with Gasteiger partial charge in [0.05, 0.1) is 5.70 Å². The van der Waals surface area contributed by atoms with Gasteiger partial charge in [0, 0.05) is 39.4 Å². The molecule has 4 aromatic carbocycles. The molecule has 2 aromatic heterocycles. The highest BCUT2D eigenvalue weighted by atomic mass is 15.0. The van der Waals surface area contributed by atoms with Crippen LogP contribution < -0.4 is 0 Å². The average Bonchev–Trinajstić information content (AvgIpc) is 3.08. The van der Waals surface area contributed by atoms with Crippen molar-refractivity contribution in [2.24, 2.45) is 20.0 Å². The Hall–Kier alpha value is -5.90. The van der Waals surface area contributed by atoms with Crippen LogP contribution in [0.2, 0.25) is 0 Å². The maximum Gasteiger partial charge on any atom is 0.164 e. The lowest BCUT2D eigenvalue weighted by atomic mass is 9.81.